The lowest BCUT2D eigenvalue weighted by atomic mass is 10.1. The van der Waals surface area contributed by atoms with Crippen LogP contribution in [0.2, 0.25) is 0 Å². The van der Waals surface area contributed by atoms with Gasteiger partial charge in [0.2, 0.25) is 0 Å². The quantitative estimate of drug-likeness (QED) is 0.732. The molecule has 0 bridgehead atoms. The van der Waals surface area contributed by atoms with Crippen molar-refractivity contribution >= 4 is 11.6 Å². The lowest BCUT2D eigenvalue weighted by molar-refractivity contribution is -0.0440. The van der Waals surface area contributed by atoms with Crippen LogP contribution in [0.4, 0.5) is 5.69 Å². The molecule has 27 heavy (non-hydrogen) atoms. The van der Waals surface area contributed by atoms with Crippen molar-refractivity contribution in [3.05, 3.63) is 59.9 Å². The molecule has 3 atom stereocenters. The van der Waals surface area contributed by atoms with E-state index < -0.39 is 0 Å². The maximum Gasteiger partial charge on any atom is 0.270 e. The number of hydrogen-bond donors (Lipinski definition) is 3. The van der Waals surface area contributed by atoms with Gasteiger partial charge in [0.1, 0.15) is 5.69 Å². The number of nitrogens with zero attached hydrogens (tertiary/aromatic N) is 1. The number of ether oxygens (including phenoxy) is 1. The lowest BCUT2D eigenvalue weighted by Gasteiger charge is -2.33. The van der Waals surface area contributed by atoms with Crippen LogP contribution < -0.4 is 16.0 Å². The number of rotatable bonds is 6. The summed E-state index contributed by atoms with van der Waals surface area (Å²) in [7, 11) is 0. The van der Waals surface area contributed by atoms with Crippen LogP contribution in [-0.4, -0.2) is 42.2 Å². The number of nitrogens with one attached hydrogen (secondary N) is 3. The molecule has 6 heteroatoms. The van der Waals surface area contributed by atoms with Gasteiger partial charge in [-0.3, -0.25) is 9.78 Å². The Balaban J connectivity index is 1.29. The summed E-state index contributed by atoms with van der Waals surface area (Å²) in [6.45, 7) is 2.07. The van der Waals surface area contributed by atoms with E-state index in [9.17, 15) is 4.79 Å². The molecule has 1 saturated heterocycles. The average Bonchev–Trinajstić information content (AvgIpc) is 3.19. The molecule has 4 rings (SSSR count). The molecule has 1 aromatic carbocycles. The van der Waals surface area contributed by atoms with E-state index in [1.807, 2.05) is 36.4 Å². The van der Waals surface area contributed by atoms with Crippen LogP contribution in [-0.2, 0) is 11.3 Å². The summed E-state index contributed by atoms with van der Waals surface area (Å²) in [5.74, 6) is -0.174. The third kappa shape index (κ3) is 4.64. The van der Waals surface area contributed by atoms with Gasteiger partial charge in [0.25, 0.3) is 5.91 Å². The van der Waals surface area contributed by atoms with Crippen molar-refractivity contribution in [2.75, 3.05) is 18.4 Å². The Hall–Kier alpha value is -2.44. The third-order valence-electron chi connectivity index (χ3n) is 5.25. The van der Waals surface area contributed by atoms with E-state index in [0.29, 0.717) is 30.9 Å². The lowest BCUT2D eigenvalue weighted by Crippen LogP contribution is -2.51. The predicted molar refractivity (Wildman–Crippen MR) is 105 cm³/mol. The summed E-state index contributed by atoms with van der Waals surface area (Å²) < 4.78 is 6.18. The van der Waals surface area contributed by atoms with Gasteiger partial charge in [0.05, 0.1) is 12.2 Å². The van der Waals surface area contributed by atoms with Gasteiger partial charge in [0.15, 0.2) is 0 Å². The zero-order valence-electron chi connectivity index (χ0n) is 15.4. The minimum atomic E-state index is -0.174. The highest BCUT2D eigenvalue weighted by Gasteiger charge is 2.34. The van der Waals surface area contributed by atoms with Crippen LogP contribution >= 0.6 is 0 Å². The standard InChI is InChI=1S/C21H26N4O2/c26-21(25-12-15-5-2-1-3-6-15)19-11-16(9-10-22-19)23-13-17-14-24-18-7-4-8-20(18)27-17/h1-3,5-6,9-11,17-18,20,24H,4,7-8,12-14H2,(H,22,23)(H,25,26)/t17-,18+,20+/m1/s1. The van der Waals surface area contributed by atoms with E-state index >= 15 is 0 Å². The van der Waals surface area contributed by atoms with Crippen LogP contribution in [0.1, 0.15) is 35.3 Å². The smallest absolute Gasteiger partial charge is 0.270 e. The van der Waals surface area contributed by atoms with Crippen LogP contribution in [0.15, 0.2) is 48.7 Å². The first-order chi connectivity index (χ1) is 13.3. The van der Waals surface area contributed by atoms with E-state index in [0.717, 1.165) is 24.2 Å². The number of anilines is 1. The molecule has 0 spiro atoms. The molecule has 3 N–H and O–H groups in total. The second kappa shape index (κ2) is 8.50. The zero-order valence-corrected chi connectivity index (χ0v) is 15.4. The van der Waals surface area contributed by atoms with Gasteiger partial charge < -0.3 is 20.7 Å². The van der Waals surface area contributed by atoms with Crippen molar-refractivity contribution in [2.24, 2.45) is 0 Å². The summed E-state index contributed by atoms with van der Waals surface area (Å²) in [5, 5.41) is 9.88. The highest BCUT2D eigenvalue weighted by molar-refractivity contribution is 5.93. The van der Waals surface area contributed by atoms with Crippen molar-refractivity contribution in [1.82, 2.24) is 15.6 Å². The molecule has 0 unspecified atom stereocenters. The van der Waals surface area contributed by atoms with E-state index in [2.05, 4.69) is 20.9 Å². The predicted octanol–water partition coefficient (Wildman–Crippen LogP) is 2.33. The fourth-order valence-electron chi connectivity index (χ4n) is 3.79. The van der Waals surface area contributed by atoms with Crippen molar-refractivity contribution in [2.45, 2.75) is 44.1 Å². The molecule has 1 aliphatic heterocycles. The average molecular weight is 366 g/mol. The van der Waals surface area contributed by atoms with Crippen molar-refractivity contribution in [3.8, 4) is 0 Å². The molecule has 2 aromatic rings. The number of hydrogen-bond acceptors (Lipinski definition) is 5. The van der Waals surface area contributed by atoms with Gasteiger partial charge in [-0.05, 0) is 37.0 Å². The highest BCUT2D eigenvalue weighted by Crippen LogP contribution is 2.26. The minimum Gasteiger partial charge on any atom is -0.382 e. The van der Waals surface area contributed by atoms with E-state index in [1.54, 1.807) is 12.3 Å². The van der Waals surface area contributed by atoms with Gasteiger partial charge in [-0.25, -0.2) is 0 Å². The molecule has 2 heterocycles. The number of morpholine rings is 1. The third-order valence-corrected chi connectivity index (χ3v) is 5.25. The topological polar surface area (TPSA) is 75.3 Å². The number of carbonyl (C=O) groups excluding carboxylic acids is 1. The van der Waals surface area contributed by atoms with Crippen LogP contribution in [0.5, 0.6) is 0 Å². The number of amides is 1. The Morgan fingerprint density at radius 3 is 3.00 bits per heavy atom. The fourth-order valence-corrected chi connectivity index (χ4v) is 3.79. The summed E-state index contributed by atoms with van der Waals surface area (Å²) in [6, 6.07) is 14.0. The monoisotopic (exact) mass is 366 g/mol. The van der Waals surface area contributed by atoms with Crippen LogP contribution in [0, 0.1) is 0 Å². The Labute approximate surface area is 159 Å². The maximum absolute atomic E-state index is 12.4. The molecule has 1 aliphatic carbocycles. The molecule has 1 saturated carbocycles. The van der Waals surface area contributed by atoms with E-state index in [4.69, 9.17) is 4.74 Å². The summed E-state index contributed by atoms with van der Waals surface area (Å²) >= 11 is 0. The zero-order chi connectivity index (χ0) is 18.5. The van der Waals surface area contributed by atoms with E-state index in [-0.39, 0.29) is 12.0 Å². The summed E-state index contributed by atoms with van der Waals surface area (Å²) in [6.07, 6.45) is 5.77. The second-order valence-corrected chi connectivity index (χ2v) is 7.22. The van der Waals surface area contributed by atoms with E-state index in [1.165, 1.54) is 12.8 Å². The molecule has 1 amide bonds. The first-order valence-electron chi connectivity index (χ1n) is 9.69. The molecule has 6 nitrogen and oxygen atoms in total. The SMILES string of the molecule is O=C(NCc1ccccc1)c1cc(NC[C@@H]2CN[C@H]3CCC[C@@H]3O2)ccn1. The molecular weight excluding hydrogens is 340 g/mol. The minimum absolute atomic E-state index is 0.146. The van der Waals surface area contributed by atoms with Gasteiger partial charge in [0, 0.05) is 37.6 Å². The highest BCUT2D eigenvalue weighted by atomic mass is 16.5. The fraction of sp³-hybridized carbons (Fsp3) is 0.429. The van der Waals surface area contributed by atoms with Gasteiger partial charge in [-0.15, -0.1) is 0 Å². The summed E-state index contributed by atoms with van der Waals surface area (Å²) in [5.41, 5.74) is 2.36. The van der Waals surface area contributed by atoms with Crippen molar-refractivity contribution in [3.63, 3.8) is 0 Å². The Kier molecular flexibility index (Phi) is 5.65. The van der Waals surface area contributed by atoms with Gasteiger partial charge in [-0.2, -0.15) is 0 Å². The number of carbonyl (C=O) groups is 1. The van der Waals surface area contributed by atoms with Crippen molar-refractivity contribution < 1.29 is 9.53 Å². The van der Waals surface area contributed by atoms with Crippen LogP contribution in [0.3, 0.4) is 0 Å². The number of benzene rings is 1. The largest absolute Gasteiger partial charge is 0.382 e. The van der Waals surface area contributed by atoms with Gasteiger partial charge in [-0.1, -0.05) is 30.3 Å². The number of fused-ring (bicyclic) bond motifs is 1. The molecule has 142 valence electrons. The Morgan fingerprint density at radius 2 is 2.11 bits per heavy atom. The first kappa shape index (κ1) is 17.9. The summed E-state index contributed by atoms with van der Waals surface area (Å²) in [4.78, 5) is 16.6. The maximum atomic E-state index is 12.4. The second-order valence-electron chi connectivity index (χ2n) is 7.22. The van der Waals surface area contributed by atoms with Crippen LogP contribution in [0.25, 0.3) is 0 Å². The molecular formula is C21H26N4O2. The molecule has 2 fully saturated rings. The van der Waals surface area contributed by atoms with Gasteiger partial charge >= 0.3 is 0 Å². The Morgan fingerprint density at radius 1 is 1.22 bits per heavy atom. The van der Waals surface area contributed by atoms with Crippen molar-refractivity contribution in [1.29, 1.82) is 0 Å². The normalized spacial score (nSPS) is 24.2. The molecule has 0 radical (unpaired) electrons. The first-order valence-corrected chi connectivity index (χ1v) is 9.69. The molecule has 1 aromatic heterocycles. The number of pyridine rings is 1. The number of aromatic nitrogens is 1. The Bertz CT molecular complexity index is 768. The molecule has 2 aliphatic rings.